The topological polar surface area (TPSA) is 193 Å². The summed E-state index contributed by atoms with van der Waals surface area (Å²) in [6, 6.07) is -1.02. The number of nitrogen functional groups attached to an aromatic ring is 1. The average molecular weight is 530 g/mol. The summed E-state index contributed by atoms with van der Waals surface area (Å²) in [4.78, 5) is 46.0. The van der Waals surface area contributed by atoms with Crippen LogP contribution in [0.4, 0.5) is 9.93 Å². The van der Waals surface area contributed by atoms with Gasteiger partial charge in [0.2, 0.25) is 17.4 Å². The number of hydrogen-bond donors (Lipinski definition) is 4. The third kappa shape index (κ3) is 4.50. The van der Waals surface area contributed by atoms with Gasteiger partial charge in [0.05, 0.1) is 10.4 Å². The number of oxime groups is 1. The molecule has 0 spiro atoms. The first-order valence-corrected chi connectivity index (χ1v) is 11.9. The lowest BCUT2D eigenvalue weighted by Gasteiger charge is -2.48. The normalized spacial score (nSPS) is 20.6. The molecule has 13 nitrogen and oxygen atoms in total. The van der Waals surface area contributed by atoms with Crippen LogP contribution in [-0.4, -0.2) is 70.4 Å². The number of aromatic nitrogens is 3. The Morgan fingerprint density at radius 2 is 2.21 bits per heavy atom. The van der Waals surface area contributed by atoms with Gasteiger partial charge in [-0.15, -0.1) is 23.1 Å². The number of carboxylic acid groups (broad SMARTS) is 1. The lowest BCUT2D eigenvalue weighted by atomic mass is 10.1. The average Bonchev–Trinajstić information content (AvgIpc) is 3.38. The molecule has 0 bridgehead atoms. The summed E-state index contributed by atoms with van der Waals surface area (Å²) in [7, 11) is 0. The van der Waals surface area contributed by atoms with Crippen LogP contribution in [0.15, 0.2) is 28.2 Å². The van der Waals surface area contributed by atoms with E-state index in [1.54, 1.807) is 17.7 Å². The van der Waals surface area contributed by atoms with Crippen LogP contribution < -0.4 is 11.1 Å². The molecule has 2 aliphatic rings. The second kappa shape index (κ2) is 9.34. The summed E-state index contributed by atoms with van der Waals surface area (Å²) in [5.74, 6) is -1.59. The number of nitrogens with one attached hydrogen (secondary N) is 1. The lowest BCUT2D eigenvalue weighted by molar-refractivity contribution is -0.148. The number of thioether (sulfide) groups is 1. The second-order valence-electron chi connectivity index (χ2n) is 6.30. The number of hydrogen-bond acceptors (Lipinski definition) is 13. The first-order chi connectivity index (χ1) is 15.8. The number of β-lactam (4-membered cyclic amide) rings is 1. The molecule has 1 unspecified atom stereocenters. The maximum atomic E-state index is 12.8. The minimum absolute atomic E-state index is 0.0634. The number of rotatable bonds is 6. The number of nitrogens with two attached hydrogens (primary N) is 1. The Bertz CT molecular complexity index is 1220. The van der Waals surface area contributed by atoms with Crippen LogP contribution >= 0.6 is 46.2 Å². The fraction of sp³-hybridized carbons (Fsp3) is 0.188. The fourth-order valence-corrected chi connectivity index (χ4v) is 5.55. The van der Waals surface area contributed by atoms with Crippen LogP contribution in [0.2, 0.25) is 5.15 Å². The zero-order valence-corrected chi connectivity index (χ0v) is 19.2. The Labute approximate surface area is 201 Å². The van der Waals surface area contributed by atoms with Gasteiger partial charge in [0.1, 0.15) is 16.6 Å². The first kappa shape index (κ1) is 23.0. The molecule has 0 radical (unpaired) electrons. The second-order valence-corrected chi connectivity index (χ2v) is 9.44. The monoisotopic (exact) mass is 529 g/mol. The number of anilines is 1. The van der Waals surface area contributed by atoms with Crippen molar-refractivity contribution in [2.45, 2.75) is 11.4 Å². The van der Waals surface area contributed by atoms with E-state index in [0.717, 1.165) is 16.4 Å². The van der Waals surface area contributed by atoms with E-state index in [2.05, 4.69) is 24.8 Å². The van der Waals surface area contributed by atoms with Crippen molar-refractivity contribution in [3.05, 3.63) is 38.9 Å². The summed E-state index contributed by atoms with van der Waals surface area (Å²) < 4.78 is 8.69. The van der Waals surface area contributed by atoms with E-state index in [1.165, 1.54) is 23.1 Å². The minimum Gasteiger partial charge on any atom is -0.449 e. The van der Waals surface area contributed by atoms with Gasteiger partial charge in [-0.05, 0) is 6.08 Å². The molecular weight excluding hydrogens is 518 g/mol. The number of fused-ring (bicyclic) bond motifs is 1. The van der Waals surface area contributed by atoms with E-state index in [1.807, 2.05) is 0 Å². The molecule has 2 aliphatic heterocycles. The van der Waals surface area contributed by atoms with E-state index in [9.17, 15) is 19.6 Å². The lowest BCUT2D eigenvalue weighted by Crippen LogP contribution is -2.70. The van der Waals surface area contributed by atoms with E-state index >= 15 is 0 Å². The third-order valence-corrected chi connectivity index (χ3v) is 7.42. The summed E-state index contributed by atoms with van der Waals surface area (Å²) in [6.45, 7) is 0. The van der Waals surface area contributed by atoms with Crippen LogP contribution in [0.5, 0.6) is 0 Å². The number of allylic oxidation sites excluding steroid dienone is 1. The van der Waals surface area contributed by atoms with Crippen molar-refractivity contribution >= 4 is 81.1 Å². The molecule has 1 fully saturated rings. The van der Waals surface area contributed by atoms with Crippen molar-refractivity contribution in [2.24, 2.45) is 5.16 Å². The molecule has 33 heavy (non-hydrogen) atoms. The number of thiazole rings is 1. The van der Waals surface area contributed by atoms with Crippen molar-refractivity contribution in [3.8, 4) is 0 Å². The number of ether oxygens (including phenoxy) is 1. The van der Waals surface area contributed by atoms with E-state index in [0.29, 0.717) is 15.6 Å². The van der Waals surface area contributed by atoms with Crippen LogP contribution in [0.1, 0.15) is 10.7 Å². The molecule has 17 heteroatoms. The van der Waals surface area contributed by atoms with Crippen LogP contribution in [0.25, 0.3) is 6.08 Å². The van der Waals surface area contributed by atoms with Gasteiger partial charge in [-0.25, -0.2) is 9.78 Å². The number of halogens is 1. The van der Waals surface area contributed by atoms with Crippen molar-refractivity contribution in [2.75, 3.05) is 11.5 Å². The molecule has 0 aromatic carbocycles. The molecule has 0 aliphatic carbocycles. The van der Waals surface area contributed by atoms with Crippen molar-refractivity contribution in [1.29, 1.82) is 0 Å². The highest BCUT2D eigenvalue weighted by atomic mass is 35.5. The molecule has 5 N–H and O–H groups in total. The largest absolute Gasteiger partial charge is 0.512 e. The van der Waals surface area contributed by atoms with Crippen molar-refractivity contribution in [3.63, 3.8) is 0 Å². The van der Waals surface area contributed by atoms with Crippen molar-refractivity contribution in [1.82, 2.24) is 24.6 Å². The highest BCUT2D eigenvalue weighted by Crippen LogP contribution is 2.41. The van der Waals surface area contributed by atoms with Crippen LogP contribution in [0, 0.1) is 0 Å². The van der Waals surface area contributed by atoms with Crippen LogP contribution in [0.3, 0.4) is 0 Å². The van der Waals surface area contributed by atoms with E-state index < -0.39 is 35.1 Å². The first-order valence-electron chi connectivity index (χ1n) is 8.78. The molecule has 0 saturated carbocycles. The molecule has 2 atom stereocenters. The Balaban J connectivity index is 1.54. The van der Waals surface area contributed by atoms with Gasteiger partial charge >= 0.3 is 6.16 Å². The zero-order valence-electron chi connectivity index (χ0n) is 16.0. The van der Waals surface area contributed by atoms with E-state index in [4.69, 9.17) is 27.2 Å². The number of carbonyl (C=O) groups excluding carboxylic acids is 2. The van der Waals surface area contributed by atoms with Gasteiger partial charge < -0.3 is 26.1 Å². The van der Waals surface area contributed by atoms with Gasteiger partial charge in [-0.2, -0.15) is 9.36 Å². The SMILES string of the molecule is Nc1nc(C(=NO)C(=O)NC2C(=O)N3C(OC(=O)O)=C(C=Cc4scnc4Cl)CS[C@@H]23)ns1. The molecule has 1 saturated heterocycles. The Kier molecular flexibility index (Phi) is 6.50. The summed E-state index contributed by atoms with van der Waals surface area (Å²) in [5.41, 5.74) is 6.95. The van der Waals surface area contributed by atoms with Gasteiger partial charge in [-0.1, -0.05) is 22.8 Å². The van der Waals surface area contributed by atoms with Crippen LogP contribution in [-0.2, 0) is 14.3 Å². The maximum absolute atomic E-state index is 12.8. The van der Waals surface area contributed by atoms with Gasteiger partial charge in [0, 0.05) is 22.9 Å². The molecule has 4 heterocycles. The van der Waals surface area contributed by atoms with E-state index in [-0.39, 0.29) is 22.6 Å². The number of amides is 2. The van der Waals surface area contributed by atoms with Gasteiger partial charge in [-0.3, -0.25) is 14.5 Å². The predicted molar refractivity (Wildman–Crippen MR) is 120 cm³/mol. The number of carbonyl (C=O) groups is 3. The summed E-state index contributed by atoms with van der Waals surface area (Å²) in [6.07, 6.45) is 1.63. The zero-order chi connectivity index (χ0) is 23.7. The summed E-state index contributed by atoms with van der Waals surface area (Å²) in [5, 5.41) is 23.4. The molecule has 4 rings (SSSR count). The fourth-order valence-electron chi connectivity index (χ4n) is 2.95. The minimum atomic E-state index is -1.60. The third-order valence-electron chi connectivity index (χ3n) is 4.37. The molecule has 172 valence electrons. The Hall–Kier alpha value is -3.21. The molecule has 2 amide bonds. The van der Waals surface area contributed by atoms with Gasteiger partial charge in [0.15, 0.2) is 5.13 Å². The Morgan fingerprint density at radius 1 is 1.42 bits per heavy atom. The number of nitrogens with zero attached hydrogens (tertiary/aromatic N) is 5. The smallest absolute Gasteiger partial charge is 0.449 e. The predicted octanol–water partition coefficient (Wildman–Crippen LogP) is 1.43. The quantitative estimate of drug-likeness (QED) is 0.139. The molecule has 2 aromatic rings. The van der Waals surface area contributed by atoms with Crippen molar-refractivity contribution < 1.29 is 29.4 Å². The summed E-state index contributed by atoms with van der Waals surface area (Å²) >= 11 is 9.34. The maximum Gasteiger partial charge on any atom is 0.512 e. The van der Waals surface area contributed by atoms with Gasteiger partial charge in [0.25, 0.3) is 11.8 Å². The highest BCUT2D eigenvalue weighted by Gasteiger charge is 2.54. The molecular formula is C16H12ClN7O6S3. The highest BCUT2D eigenvalue weighted by molar-refractivity contribution is 8.00. The standard InChI is InChI=1S/C16H12ClN7O6S3/c17-9-6(32-4-19-9)2-1-5-3-31-14-8(12(26)24(14)13(5)30-16(27)28)20-11(25)7(22-29)10-21-15(18)33-23-10/h1-2,4,8,14,29H,3H2,(H,20,25)(H,27,28)(H2,18,21,23)/t8?,14-/m0/s1. The molecule has 2 aromatic heterocycles. The Morgan fingerprint density at radius 3 is 2.82 bits per heavy atom.